The van der Waals surface area contributed by atoms with Gasteiger partial charge in [0.25, 0.3) is 5.89 Å². The summed E-state index contributed by atoms with van der Waals surface area (Å²) < 4.78 is 11.2. The quantitative estimate of drug-likeness (QED) is 0.910. The Hall–Kier alpha value is -1.92. The lowest BCUT2D eigenvalue weighted by molar-refractivity contribution is -0.0548. The lowest BCUT2D eigenvalue weighted by atomic mass is 10.2. The van der Waals surface area contributed by atoms with Crippen LogP contribution in [0.2, 0.25) is 0 Å². The van der Waals surface area contributed by atoms with Crippen molar-refractivity contribution in [3.63, 3.8) is 0 Å². The normalized spacial score (nSPS) is 25.9. The van der Waals surface area contributed by atoms with E-state index in [1.54, 1.807) is 24.3 Å². The SMILES string of the molecule is Oc1ccc(-c2nc(C3CN4CCCC4CO3)no2)cc1. The number of hydrogen-bond donors (Lipinski definition) is 1. The molecule has 2 unspecified atom stereocenters. The number of benzene rings is 1. The van der Waals surface area contributed by atoms with Gasteiger partial charge in [-0.25, -0.2) is 0 Å². The zero-order chi connectivity index (χ0) is 14.2. The predicted molar refractivity (Wildman–Crippen MR) is 74.7 cm³/mol. The van der Waals surface area contributed by atoms with Gasteiger partial charge in [0.05, 0.1) is 6.61 Å². The summed E-state index contributed by atoms with van der Waals surface area (Å²) in [6.07, 6.45) is 2.35. The highest BCUT2D eigenvalue weighted by atomic mass is 16.5. The zero-order valence-corrected chi connectivity index (χ0v) is 11.6. The number of hydrogen-bond acceptors (Lipinski definition) is 6. The van der Waals surface area contributed by atoms with E-state index < -0.39 is 0 Å². The molecule has 0 saturated carbocycles. The maximum atomic E-state index is 9.31. The molecule has 1 aromatic carbocycles. The number of aromatic nitrogens is 2. The van der Waals surface area contributed by atoms with Crippen molar-refractivity contribution in [2.75, 3.05) is 19.7 Å². The van der Waals surface area contributed by atoms with Crippen molar-refractivity contribution in [1.29, 1.82) is 0 Å². The van der Waals surface area contributed by atoms with Crippen molar-refractivity contribution in [3.05, 3.63) is 30.1 Å². The van der Waals surface area contributed by atoms with E-state index in [4.69, 9.17) is 9.26 Å². The first-order valence-electron chi connectivity index (χ1n) is 7.28. The molecule has 2 saturated heterocycles. The van der Waals surface area contributed by atoms with Crippen LogP contribution < -0.4 is 0 Å². The Morgan fingerprint density at radius 2 is 2.10 bits per heavy atom. The molecule has 6 heteroatoms. The highest BCUT2D eigenvalue weighted by Gasteiger charge is 2.34. The van der Waals surface area contributed by atoms with Crippen molar-refractivity contribution < 1.29 is 14.4 Å². The molecule has 6 nitrogen and oxygen atoms in total. The lowest BCUT2D eigenvalue weighted by Crippen LogP contribution is -2.42. The van der Waals surface area contributed by atoms with E-state index in [0.29, 0.717) is 17.8 Å². The summed E-state index contributed by atoms with van der Waals surface area (Å²) in [6, 6.07) is 7.27. The van der Waals surface area contributed by atoms with Gasteiger partial charge < -0.3 is 14.4 Å². The van der Waals surface area contributed by atoms with Gasteiger partial charge in [-0.2, -0.15) is 4.98 Å². The van der Waals surface area contributed by atoms with Crippen LogP contribution in [0, 0.1) is 0 Å². The fourth-order valence-electron chi connectivity index (χ4n) is 3.06. The van der Waals surface area contributed by atoms with Crippen molar-refractivity contribution in [2.24, 2.45) is 0 Å². The van der Waals surface area contributed by atoms with Crippen molar-refractivity contribution in [1.82, 2.24) is 15.0 Å². The molecule has 1 aromatic heterocycles. The molecule has 110 valence electrons. The topological polar surface area (TPSA) is 71.6 Å². The van der Waals surface area contributed by atoms with E-state index in [1.165, 1.54) is 12.8 Å². The Bertz CT molecular complexity index is 625. The average molecular weight is 287 g/mol. The van der Waals surface area contributed by atoms with Crippen LogP contribution in [0.5, 0.6) is 5.75 Å². The fraction of sp³-hybridized carbons (Fsp3) is 0.467. The van der Waals surface area contributed by atoms with Gasteiger partial charge in [0.1, 0.15) is 11.9 Å². The van der Waals surface area contributed by atoms with Crippen molar-refractivity contribution >= 4 is 0 Å². The van der Waals surface area contributed by atoms with Crippen LogP contribution in [0.15, 0.2) is 28.8 Å². The molecule has 2 atom stereocenters. The number of nitrogens with zero attached hydrogens (tertiary/aromatic N) is 3. The number of morpholine rings is 1. The first kappa shape index (κ1) is 12.8. The molecular weight excluding hydrogens is 270 g/mol. The maximum absolute atomic E-state index is 9.31. The maximum Gasteiger partial charge on any atom is 0.258 e. The summed E-state index contributed by atoms with van der Waals surface area (Å²) in [5.74, 6) is 1.27. The second-order valence-electron chi connectivity index (χ2n) is 5.62. The summed E-state index contributed by atoms with van der Waals surface area (Å²) in [5.41, 5.74) is 0.793. The van der Waals surface area contributed by atoms with Gasteiger partial charge in [-0.15, -0.1) is 0 Å². The third kappa shape index (κ3) is 2.41. The second-order valence-corrected chi connectivity index (χ2v) is 5.62. The monoisotopic (exact) mass is 287 g/mol. The summed E-state index contributed by atoms with van der Waals surface area (Å²) >= 11 is 0. The van der Waals surface area contributed by atoms with E-state index in [1.807, 2.05) is 0 Å². The van der Waals surface area contributed by atoms with E-state index >= 15 is 0 Å². The van der Waals surface area contributed by atoms with E-state index in [-0.39, 0.29) is 11.9 Å². The van der Waals surface area contributed by atoms with Crippen LogP contribution in [0.25, 0.3) is 11.5 Å². The minimum Gasteiger partial charge on any atom is -0.508 e. The Morgan fingerprint density at radius 3 is 2.95 bits per heavy atom. The molecule has 2 fully saturated rings. The standard InChI is InChI=1S/C15H17N3O3/c19-12-5-3-10(4-6-12)15-16-14(17-21-15)13-8-18-7-1-2-11(18)9-20-13/h3-6,11,13,19H,1-2,7-9H2. The molecule has 4 rings (SSSR count). The number of rotatable bonds is 2. The Labute approximate surface area is 122 Å². The van der Waals surface area contributed by atoms with Gasteiger partial charge in [0.2, 0.25) is 5.82 Å². The van der Waals surface area contributed by atoms with Gasteiger partial charge in [0.15, 0.2) is 0 Å². The highest BCUT2D eigenvalue weighted by Crippen LogP contribution is 2.30. The molecule has 3 heterocycles. The molecule has 1 N–H and O–H groups in total. The van der Waals surface area contributed by atoms with Crippen LogP contribution in [0.4, 0.5) is 0 Å². The van der Waals surface area contributed by atoms with Crippen molar-refractivity contribution in [2.45, 2.75) is 25.0 Å². The third-order valence-electron chi connectivity index (χ3n) is 4.23. The van der Waals surface area contributed by atoms with Gasteiger partial charge in [-0.05, 0) is 43.7 Å². The lowest BCUT2D eigenvalue weighted by Gasteiger charge is -2.33. The fourth-order valence-corrected chi connectivity index (χ4v) is 3.06. The number of phenolic OH excluding ortho intramolecular Hbond substituents is 1. The minimum absolute atomic E-state index is 0.117. The number of aromatic hydroxyl groups is 1. The summed E-state index contributed by atoms with van der Waals surface area (Å²) in [6.45, 7) is 2.71. The molecular formula is C15H17N3O3. The van der Waals surface area contributed by atoms with E-state index in [2.05, 4.69) is 15.0 Å². The first-order chi connectivity index (χ1) is 10.3. The Balaban J connectivity index is 1.53. The number of phenols is 1. The van der Waals surface area contributed by atoms with Gasteiger partial charge >= 0.3 is 0 Å². The van der Waals surface area contributed by atoms with Gasteiger partial charge in [-0.3, -0.25) is 4.90 Å². The molecule has 21 heavy (non-hydrogen) atoms. The van der Waals surface area contributed by atoms with Crippen LogP contribution in [0.3, 0.4) is 0 Å². The molecule has 0 spiro atoms. The van der Waals surface area contributed by atoms with E-state index in [9.17, 15) is 5.11 Å². The predicted octanol–water partition coefficient (Wildman–Crippen LogP) is 1.98. The molecule has 0 radical (unpaired) electrons. The largest absolute Gasteiger partial charge is 0.508 e. The van der Waals surface area contributed by atoms with Gasteiger partial charge in [-0.1, -0.05) is 5.16 Å². The minimum atomic E-state index is -0.117. The Morgan fingerprint density at radius 1 is 1.24 bits per heavy atom. The van der Waals surface area contributed by atoms with Crippen LogP contribution in [-0.4, -0.2) is 45.9 Å². The smallest absolute Gasteiger partial charge is 0.258 e. The molecule has 2 aromatic rings. The Kier molecular flexibility index (Phi) is 3.12. The number of ether oxygens (including phenoxy) is 1. The average Bonchev–Trinajstić information content (AvgIpc) is 3.16. The van der Waals surface area contributed by atoms with Crippen molar-refractivity contribution in [3.8, 4) is 17.2 Å². The molecule has 2 aliphatic heterocycles. The molecule has 0 amide bonds. The molecule has 0 aliphatic carbocycles. The number of fused-ring (bicyclic) bond motifs is 1. The van der Waals surface area contributed by atoms with Crippen LogP contribution in [-0.2, 0) is 4.74 Å². The summed E-state index contributed by atoms with van der Waals surface area (Å²) in [4.78, 5) is 6.89. The molecule has 2 aliphatic rings. The van der Waals surface area contributed by atoms with Crippen LogP contribution in [0.1, 0.15) is 24.8 Å². The highest BCUT2D eigenvalue weighted by molar-refractivity contribution is 5.54. The van der Waals surface area contributed by atoms with Gasteiger partial charge in [0, 0.05) is 18.2 Å². The first-order valence-corrected chi connectivity index (χ1v) is 7.28. The molecule has 0 bridgehead atoms. The van der Waals surface area contributed by atoms with Crippen LogP contribution >= 0.6 is 0 Å². The second kappa shape index (κ2) is 5.13. The summed E-state index contributed by atoms with van der Waals surface area (Å²) in [7, 11) is 0. The third-order valence-corrected chi connectivity index (χ3v) is 4.23. The summed E-state index contributed by atoms with van der Waals surface area (Å²) in [5, 5.41) is 13.4. The van der Waals surface area contributed by atoms with E-state index in [0.717, 1.165) is 25.3 Å². The zero-order valence-electron chi connectivity index (χ0n) is 11.6.